The summed E-state index contributed by atoms with van der Waals surface area (Å²) < 4.78 is 0. The van der Waals surface area contributed by atoms with Crippen molar-refractivity contribution in [1.29, 1.82) is 0 Å². The molecule has 0 saturated carbocycles. The van der Waals surface area contributed by atoms with Crippen LogP contribution in [0.25, 0.3) is 0 Å². The lowest BCUT2D eigenvalue weighted by Gasteiger charge is -2.19. The Morgan fingerprint density at radius 2 is 2.25 bits per heavy atom. The van der Waals surface area contributed by atoms with E-state index in [0.717, 1.165) is 19.5 Å². The van der Waals surface area contributed by atoms with Gasteiger partial charge in [-0.25, -0.2) is 0 Å². The minimum absolute atomic E-state index is 0.204. The Bertz CT molecular complexity index is 179. The predicted molar refractivity (Wildman–Crippen MR) is 50.3 cm³/mol. The zero-order valence-corrected chi connectivity index (χ0v) is 8.52. The first-order valence-corrected chi connectivity index (χ1v) is 4.92. The fourth-order valence-corrected chi connectivity index (χ4v) is 1.73. The highest BCUT2D eigenvalue weighted by molar-refractivity contribution is 6.18. The van der Waals surface area contributed by atoms with E-state index in [-0.39, 0.29) is 5.91 Å². The summed E-state index contributed by atoms with van der Waals surface area (Å²) in [5.41, 5.74) is 0.308. The molecule has 0 aromatic rings. The van der Waals surface area contributed by atoms with Crippen LogP contribution in [0.1, 0.15) is 26.7 Å². The molecule has 1 amide bonds. The third-order valence-corrected chi connectivity index (χ3v) is 2.53. The van der Waals surface area contributed by atoms with Crippen LogP contribution in [0.2, 0.25) is 0 Å². The number of carbonyl (C=O) groups is 1. The number of alkyl halides is 1. The van der Waals surface area contributed by atoms with Gasteiger partial charge >= 0.3 is 0 Å². The minimum atomic E-state index is 0.204. The number of nitrogens with zero attached hydrogens (tertiary/aromatic N) is 1. The third kappa shape index (κ3) is 2.37. The molecular formula is C9H16ClNO. The van der Waals surface area contributed by atoms with Crippen molar-refractivity contribution in [3.8, 4) is 0 Å². The Hall–Kier alpha value is -0.240. The summed E-state index contributed by atoms with van der Waals surface area (Å²) in [6.07, 6.45) is 1.60. The van der Waals surface area contributed by atoms with Gasteiger partial charge in [0.2, 0.25) is 5.91 Å². The second-order valence-corrected chi connectivity index (χ2v) is 4.55. The van der Waals surface area contributed by atoms with Gasteiger partial charge in [-0.1, -0.05) is 13.8 Å². The molecule has 12 heavy (non-hydrogen) atoms. The molecule has 0 unspecified atom stereocenters. The van der Waals surface area contributed by atoms with E-state index in [4.69, 9.17) is 11.6 Å². The molecule has 0 aromatic heterocycles. The van der Waals surface area contributed by atoms with E-state index < -0.39 is 0 Å². The quantitative estimate of drug-likeness (QED) is 0.608. The zero-order chi connectivity index (χ0) is 9.19. The lowest BCUT2D eigenvalue weighted by molar-refractivity contribution is -0.130. The average molecular weight is 190 g/mol. The molecule has 1 saturated heterocycles. The standard InChI is InChI=1S/C9H16ClNO/c1-9(2)4-6-11(7-9)8(12)3-5-10/h3-7H2,1-2H3. The smallest absolute Gasteiger partial charge is 0.223 e. The number of hydrogen-bond donors (Lipinski definition) is 0. The average Bonchev–Trinajstić information content (AvgIpc) is 2.31. The van der Waals surface area contributed by atoms with Gasteiger partial charge in [-0.05, 0) is 11.8 Å². The maximum Gasteiger partial charge on any atom is 0.223 e. The number of halogens is 1. The predicted octanol–water partition coefficient (Wildman–Crippen LogP) is 1.87. The summed E-state index contributed by atoms with van der Waals surface area (Å²) in [5.74, 6) is 0.644. The molecule has 0 spiro atoms. The first kappa shape index (κ1) is 9.85. The van der Waals surface area contributed by atoms with Crippen molar-refractivity contribution in [2.75, 3.05) is 19.0 Å². The largest absolute Gasteiger partial charge is 0.342 e. The lowest BCUT2D eigenvalue weighted by Crippen LogP contribution is -2.30. The van der Waals surface area contributed by atoms with Crippen LogP contribution in [0.4, 0.5) is 0 Å². The lowest BCUT2D eigenvalue weighted by atomic mass is 9.93. The summed E-state index contributed by atoms with van der Waals surface area (Å²) in [6.45, 7) is 6.19. The Labute approximate surface area is 78.9 Å². The highest BCUT2D eigenvalue weighted by Gasteiger charge is 2.31. The van der Waals surface area contributed by atoms with Gasteiger partial charge in [-0.3, -0.25) is 4.79 Å². The fraction of sp³-hybridized carbons (Fsp3) is 0.889. The van der Waals surface area contributed by atoms with Crippen molar-refractivity contribution >= 4 is 17.5 Å². The summed E-state index contributed by atoms with van der Waals surface area (Å²) in [5, 5.41) is 0. The molecule has 1 fully saturated rings. The molecule has 3 heteroatoms. The second-order valence-electron chi connectivity index (χ2n) is 4.17. The molecule has 0 atom stereocenters. The highest BCUT2D eigenvalue weighted by Crippen LogP contribution is 2.28. The normalized spacial score (nSPS) is 21.4. The molecular weight excluding hydrogens is 174 g/mol. The van der Waals surface area contributed by atoms with Gasteiger partial charge in [-0.2, -0.15) is 0 Å². The summed E-state index contributed by atoms with van der Waals surface area (Å²) in [4.78, 5) is 13.3. The van der Waals surface area contributed by atoms with Crippen LogP contribution in [0, 0.1) is 5.41 Å². The Morgan fingerprint density at radius 3 is 2.67 bits per heavy atom. The SMILES string of the molecule is CC1(C)CCN(C(=O)CCCl)C1. The van der Waals surface area contributed by atoms with Gasteiger partial charge < -0.3 is 4.90 Å². The molecule has 1 aliphatic rings. The highest BCUT2D eigenvalue weighted by atomic mass is 35.5. The molecule has 0 aromatic carbocycles. The van der Waals surface area contributed by atoms with Gasteiger partial charge in [0.15, 0.2) is 0 Å². The molecule has 1 aliphatic heterocycles. The molecule has 0 aliphatic carbocycles. The van der Waals surface area contributed by atoms with E-state index in [2.05, 4.69) is 13.8 Å². The first-order chi connectivity index (χ1) is 5.55. The molecule has 1 heterocycles. The number of rotatable bonds is 2. The first-order valence-electron chi connectivity index (χ1n) is 4.39. The Morgan fingerprint density at radius 1 is 1.58 bits per heavy atom. The van der Waals surface area contributed by atoms with Gasteiger partial charge in [-0.15, -0.1) is 11.6 Å². The van der Waals surface area contributed by atoms with Crippen molar-refractivity contribution < 1.29 is 4.79 Å². The van der Waals surface area contributed by atoms with Crippen molar-refractivity contribution in [2.45, 2.75) is 26.7 Å². The molecule has 70 valence electrons. The Kier molecular flexibility index (Phi) is 2.99. The molecule has 1 rings (SSSR count). The maximum atomic E-state index is 11.4. The van der Waals surface area contributed by atoms with Crippen LogP contribution in [0.3, 0.4) is 0 Å². The van der Waals surface area contributed by atoms with Crippen molar-refractivity contribution in [3.63, 3.8) is 0 Å². The molecule has 0 bridgehead atoms. The summed E-state index contributed by atoms with van der Waals surface area (Å²) >= 11 is 5.50. The van der Waals surface area contributed by atoms with Gasteiger partial charge in [0.1, 0.15) is 0 Å². The topological polar surface area (TPSA) is 20.3 Å². The van der Waals surface area contributed by atoms with E-state index in [9.17, 15) is 4.79 Å². The van der Waals surface area contributed by atoms with E-state index >= 15 is 0 Å². The minimum Gasteiger partial charge on any atom is -0.342 e. The van der Waals surface area contributed by atoms with Crippen LogP contribution < -0.4 is 0 Å². The second kappa shape index (κ2) is 3.65. The van der Waals surface area contributed by atoms with Crippen molar-refractivity contribution in [3.05, 3.63) is 0 Å². The van der Waals surface area contributed by atoms with Gasteiger partial charge in [0, 0.05) is 25.4 Å². The molecule has 0 N–H and O–H groups in total. The third-order valence-electron chi connectivity index (χ3n) is 2.34. The van der Waals surface area contributed by atoms with E-state index in [0.29, 0.717) is 17.7 Å². The monoisotopic (exact) mass is 189 g/mol. The zero-order valence-electron chi connectivity index (χ0n) is 7.77. The van der Waals surface area contributed by atoms with Crippen LogP contribution in [-0.2, 0) is 4.79 Å². The Balaban J connectivity index is 2.41. The van der Waals surface area contributed by atoms with Crippen LogP contribution in [-0.4, -0.2) is 29.8 Å². The van der Waals surface area contributed by atoms with E-state index in [1.54, 1.807) is 0 Å². The number of carbonyl (C=O) groups excluding carboxylic acids is 1. The van der Waals surface area contributed by atoms with Gasteiger partial charge in [0.05, 0.1) is 0 Å². The number of likely N-dealkylation sites (tertiary alicyclic amines) is 1. The van der Waals surface area contributed by atoms with Gasteiger partial charge in [0.25, 0.3) is 0 Å². The van der Waals surface area contributed by atoms with Crippen LogP contribution >= 0.6 is 11.6 Å². The van der Waals surface area contributed by atoms with Crippen LogP contribution in [0.5, 0.6) is 0 Å². The van der Waals surface area contributed by atoms with E-state index in [1.807, 2.05) is 4.90 Å². The molecule has 0 radical (unpaired) electrons. The maximum absolute atomic E-state index is 11.4. The van der Waals surface area contributed by atoms with Crippen LogP contribution in [0.15, 0.2) is 0 Å². The fourth-order valence-electron chi connectivity index (χ4n) is 1.56. The van der Waals surface area contributed by atoms with E-state index in [1.165, 1.54) is 0 Å². The number of amides is 1. The van der Waals surface area contributed by atoms with Crippen molar-refractivity contribution in [2.24, 2.45) is 5.41 Å². The molecule has 2 nitrogen and oxygen atoms in total. The number of hydrogen-bond acceptors (Lipinski definition) is 1. The van der Waals surface area contributed by atoms with Crippen molar-refractivity contribution in [1.82, 2.24) is 4.90 Å². The summed E-state index contributed by atoms with van der Waals surface area (Å²) in [7, 11) is 0. The summed E-state index contributed by atoms with van der Waals surface area (Å²) in [6, 6.07) is 0.